The summed E-state index contributed by atoms with van der Waals surface area (Å²) in [5, 5.41) is 8.26. The highest BCUT2D eigenvalue weighted by atomic mass is 19.1. The van der Waals surface area contributed by atoms with Crippen LogP contribution in [0.3, 0.4) is 0 Å². The molecule has 2 aliphatic heterocycles. The fourth-order valence-corrected chi connectivity index (χ4v) is 3.43. The maximum atomic E-state index is 14.7. The van der Waals surface area contributed by atoms with Gasteiger partial charge in [0.2, 0.25) is 5.91 Å². The third kappa shape index (κ3) is 3.46. The molecule has 28 heavy (non-hydrogen) atoms. The number of halogens is 1. The number of nitrogens with one attached hydrogen (secondary N) is 3. The van der Waals surface area contributed by atoms with Gasteiger partial charge in [0.05, 0.1) is 18.8 Å². The molecule has 2 aliphatic rings. The van der Waals surface area contributed by atoms with Crippen LogP contribution in [0.25, 0.3) is 0 Å². The zero-order valence-corrected chi connectivity index (χ0v) is 15.0. The first-order chi connectivity index (χ1) is 13.5. The molecule has 2 heterocycles. The van der Waals surface area contributed by atoms with Gasteiger partial charge >= 0.3 is 6.03 Å². The summed E-state index contributed by atoms with van der Waals surface area (Å²) in [7, 11) is 0. The average molecular weight is 382 g/mol. The van der Waals surface area contributed by atoms with E-state index in [0.29, 0.717) is 36.2 Å². The van der Waals surface area contributed by atoms with Crippen LogP contribution in [0.15, 0.2) is 36.4 Å². The predicted octanol–water partition coefficient (Wildman–Crippen LogP) is 1.78. The minimum atomic E-state index is -0.453. The van der Waals surface area contributed by atoms with Crippen molar-refractivity contribution < 1.29 is 18.8 Å². The van der Waals surface area contributed by atoms with Crippen LogP contribution >= 0.6 is 0 Å². The SMILES string of the molecule is O=C(Nc1ccc2c(c1F)CCNC2)c1cccc(CN2C(=O)CNC2=O)c1. The van der Waals surface area contributed by atoms with E-state index in [9.17, 15) is 18.8 Å². The second kappa shape index (κ2) is 7.40. The number of imide groups is 1. The molecule has 8 heteroatoms. The summed E-state index contributed by atoms with van der Waals surface area (Å²) < 4.78 is 14.7. The van der Waals surface area contributed by atoms with Crippen molar-refractivity contribution in [2.75, 3.05) is 18.4 Å². The molecule has 4 rings (SSSR count). The summed E-state index contributed by atoms with van der Waals surface area (Å²) in [5.41, 5.74) is 2.63. The Morgan fingerprint density at radius 1 is 1.18 bits per heavy atom. The third-order valence-corrected chi connectivity index (χ3v) is 4.92. The number of benzene rings is 2. The van der Waals surface area contributed by atoms with Gasteiger partial charge in [0.1, 0.15) is 5.82 Å². The summed E-state index contributed by atoms with van der Waals surface area (Å²) >= 11 is 0. The molecule has 3 N–H and O–H groups in total. The minimum Gasteiger partial charge on any atom is -0.329 e. The van der Waals surface area contributed by atoms with Gasteiger partial charge in [0.25, 0.3) is 5.91 Å². The van der Waals surface area contributed by atoms with Crippen molar-refractivity contribution in [1.29, 1.82) is 0 Å². The molecule has 0 saturated carbocycles. The Balaban J connectivity index is 1.51. The summed E-state index contributed by atoms with van der Waals surface area (Å²) in [5.74, 6) is -1.17. The van der Waals surface area contributed by atoms with Gasteiger partial charge in [-0.05, 0) is 47.9 Å². The molecular formula is C20H19FN4O3. The van der Waals surface area contributed by atoms with E-state index in [2.05, 4.69) is 16.0 Å². The van der Waals surface area contributed by atoms with E-state index >= 15 is 0 Å². The van der Waals surface area contributed by atoms with Crippen molar-refractivity contribution >= 4 is 23.5 Å². The number of carbonyl (C=O) groups is 3. The number of urea groups is 1. The normalized spacial score (nSPS) is 16.0. The predicted molar refractivity (Wildman–Crippen MR) is 100 cm³/mol. The van der Waals surface area contributed by atoms with Gasteiger partial charge in [0, 0.05) is 12.1 Å². The van der Waals surface area contributed by atoms with Crippen molar-refractivity contribution in [3.05, 3.63) is 64.5 Å². The molecule has 0 radical (unpaired) electrons. The van der Waals surface area contributed by atoms with E-state index in [4.69, 9.17) is 0 Å². The zero-order valence-electron chi connectivity index (χ0n) is 15.0. The van der Waals surface area contributed by atoms with Crippen molar-refractivity contribution in [3.63, 3.8) is 0 Å². The molecule has 144 valence electrons. The second-order valence-corrected chi connectivity index (χ2v) is 6.78. The van der Waals surface area contributed by atoms with E-state index in [1.54, 1.807) is 30.3 Å². The largest absolute Gasteiger partial charge is 0.329 e. The Kier molecular flexibility index (Phi) is 4.79. The molecule has 0 unspecified atom stereocenters. The first-order valence-corrected chi connectivity index (χ1v) is 9.02. The first-order valence-electron chi connectivity index (χ1n) is 9.02. The molecule has 1 saturated heterocycles. The van der Waals surface area contributed by atoms with Gasteiger partial charge in [-0.3, -0.25) is 14.5 Å². The van der Waals surface area contributed by atoms with Crippen LogP contribution in [0, 0.1) is 5.82 Å². The highest BCUT2D eigenvalue weighted by molar-refractivity contribution is 6.04. The third-order valence-electron chi connectivity index (χ3n) is 4.92. The summed E-state index contributed by atoms with van der Waals surface area (Å²) in [4.78, 5) is 37.1. The quantitative estimate of drug-likeness (QED) is 0.703. The lowest BCUT2D eigenvalue weighted by Gasteiger charge is -2.19. The maximum Gasteiger partial charge on any atom is 0.324 e. The van der Waals surface area contributed by atoms with Crippen LogP contribution in [0.1, 0.15) is 27.0 Å². The molecule has 2 aromatic rings. The molecule has 0 aromatic heterocycles. The summed E-state index contributed by atoms with van der Waals surface area (Å²) in [6.45, 7) is 1.37. The fourth-order valence-electron chi connectivity index (χ4n) is 3.43. The van der Waals surface area contributed by atoms with Crippen molar-refractivity contribution in [3.8, 4) is 0 Å². The lowest BCUT2D eigenvalue weighted by atomic mass is 9.99. The number of nitrogens with zero attached hydrogens (tertiary/aromatic N) is 1. The molecule has 2 aromatic carbocycles. The van der Waals surface area contributed by atoms with Gasteiger partial charge in [-0.1, -0.05) is 18.2 Å². The van der Waals surface area contributed by atoms with E-state index in [-0.39, 0.29) is 24.7 Å². The highest BCUT2D eigenvalue weighted by Gasteiger charge is 2.28. The van der Waals surface area contributed by atoms with E-state index in [0.717, 1.165) is 10.5 Å². The van der Waals surface area contributed by atoms with Crippen LogP contribution in [0.2, 0.25) is 0 Å². The number of hydrogen-bond acceptors (Lipinski definition) is 4. The number of fused-ring (bicyclic) bond motifs is 1. The Morgan fingerprint density at radius 3 is 2.82 bits per heavy atom. The average Bonchev–Trinajstić information content (AvgIpc) is 3.02. The second-order valence-electron chi connectivity index (χ2n) is 6.78. The Hall–Kier alpha value is -3.26. The van der Waals surface area contributed by atoms with Crippen LogP contribution < -0.4 is 16.0 Å². The lowest BCUT2D eigenvalue weighted by molar-refractivity contribution is -0.125. The van der Waals surface area contributed by atoms with Gasteiger partial charge in [0.15, 0.2) is 0 Å². The van der Waals surface area contributed by atoms with Gasteiger partial charge in [-0.2, -0.15) is 0 Å². The highest BCUT2D eigenvalue weighted by Crippen LogP contribution is 2.25. The van der Waals surface area contributed by atoms with Crippen molar-refractivity contribution in [2.45, 2.75) is 19.5 Å². The van der Waals surface area contributed by atoms with Crippen LogP contribution in [-0.2, 0) is 24.3 Å². The van der Waals surface area contributed by atoms with Crippen LogP contribution in [0.5, 0.6) is 0 Å². The fraction of sp³-hybridized carbons (Fsp3) is 0.250. The smallest absolute Gasteiger partial charge is 0.324 e. The Bertz CT molecular complexity index is 960. The molecule has 4 amide bonds. The summed E-state index contributed by atoms with van der Waals surface area (Å²) in [6.07, 6.45) is 0.576. The topological polar surface area (TPSA) is 90.5 Å². The molecule has 1 fully saturated rings. The molecular weight excluding hydrogens is 363 g/mol. The van der Waals surface area contributed by atoms with Gasteiger partial charge in [-0.25, -0.2) is 9.18 Å². The van der Waals surface area contributed by atoms with Crippen LogP contribution in [0.4, 0.5) is 14.9 Å². The van der Waals surface area contributed by atoms with Crippen molar-refractivity contribution in [2.24, 2.45) is 0 Å². The molecule has 0 bridgehead atoms. The number of rotatable bonds is 4. The lowest BCUT2D eigenvalue weighted by Crippen LogP contribution is -2.30. The van der Waals surface area contributed by atoms with E-state index in [1.807, 2.05) is 6.07 Å². The van der Waals surface area contributed by atoms with Crippen LogP contribution in [-0.4, -0.2) is 35.8 Å². The molecule has 0 spiro atoms. The molecule has 0 aliphatic carbocycles. The first kappa shape index (κ1) is 18.1. The number of amides is 4. The van der Waals surface area contributed by atoms with Gasteiger partial charge in [-0.15, -0.1) is 0 Å². The molecule has 0 atom stereocenters. The van der Waals surface area contributed by atoms with E-state index in [1.165, 1.54) is 0 Å². The zero-order chi connectivity index (χ0) is 19.7. The number of anilines is 1. The molecule has 7 nitrogen and oxygen atoms in total. The summed E-state index contributed by atoms with van der Waals surface area (Å²) in [6, 6.07) is 9.51. The standard InChI is InChI=1S/C20H19FN4O3/c21-18-15-6-7-22-9-14(15)4-5-16(18)24-19(27)13-3-1-2-12(8-13)11-25-17(26)10-23-20(25)28/h1-5,8,22H,6-7,9-11H2,(H,23,28)(H,24,27). The van der Waals surface area contributed by atoms with Gasteiger partial charge < -0.3 is 16.0 Å². The Morgan fingerprint density at radius 2 is 2.04 bits per heavy atom. The number of carbonyl (C=O) groups excluding carboxylic acids is 3. The monoisotopic (exact) mass is 382 g/mol. The Labute approximate surface area is 160 Å². The van der Waals surface area contributed by atoms with Crippen molar-refractivity contribution in [1.82, 2.24) is 15.5 Å². The van der Waals surface area contributed by atoms with E-state index < -0.39 is 17.8 Å². The maximum absolute atomic E-state index is 14.7. The number of hydrogen-bond donors (Lipinski definition) is 3. The minimum absolute atomic E-state index is 0.0217.